The van der Waals surface area contributed by atoms with Crippen LogP contribution in [0, 0.1) is 0 Å². The molecular weight excluding hydrogens is 202 g/mol. The highest BCUT2D eigenvalue weighted by atomic mass is 32.1. The second-order valence-corrected chi connectivity index (χ2v) is 4.08. The van der Waals surface area contributed by atoms with Gasteiger partial charge in [-0.1, -0.05) is 0 Å². The highest BCUT2D eigenvalue weighted by molar-refractivity contribution is 7.09. The second-order valence-electron chi connectivity index (χ2n) is 3.16. The fourth-order valence-electron chi connectivity index (χ4n) is 1.14. The SMILES string of the molecule is O=COCC(OC1CC1)c1cncs1. The van der Waals surface area contributed by atoms with Crippen molar-refractivity contribution >= 4 is 17.8 Å². The van der Waals surface area contributed by atoms with Gasteiger partial charge in [-0.15, -0.1) is 11.3 Å². The molecular formula is C9H11NO3S. The Balaban J connectivity index is 1.93. The molecule has 14 heavy (non-hydrogen) atoms. The summed E-state index contributed by atoms with van der Waals surface area (Å²) in [7, 11) is 0. The molecule has 76 valence electrons. The van der Waals surface area contributed by atoms with Gasteiger partial charge in [-0.05, 0) is 12.8 Å². The summed E-state index contributed by atoms with van der Waals surface area (Å²) in [6.07, 6.45) is 4.18. The average Bonchev–Trinajstić information content (AvgIpc) is 2.84. The molecule has 1 heterocycles. The van der Waals surface area contributed by atoms with Crippen LogP contribution in [0.3, 0.4) is 0 Å². The van der Waals surface area contributed by atoms with Gasteiger partial charge in [0.15, 0.2) is 0 Å². The molecule has 1 fully saturated rings. The zero-order valence-electron chi connectivity index (χ0n) is 7.59. The molecule has 2 rings (SSSR count). The van der Waals surface area contributed by atoms with E-state index in [0.29, 0.717) is 12.6 Å². The van der Waals surface area contributed by atoms with Gasteiger partial charge in [-0.3, -0.25) is 9.78 Å². The van der Waals surface area contributed by atoms with E-state index in [1.165, 1.54) is 11.3 Å². The van der Waals surface area contributed by atoms with Crippen LogP contribution in [-0.2, 0) is 14.3 Å². The van der Waals surface area contributed by atoms with Crippen LogP contribution >= 0.6 is 11.3 Å². The van der Waals surface area contributed by atoms with E-state index in [1.54, 1.807) is 11.7 Å². The Labute approximate surface area is 85.9 Å². The van der Waals surface area contributed by atoms with Crippen LogP contribution in [0.2, 0.25) is 0 Å². The van der Waals surface area contributed by atoms with E-state index < -0.39 is 0 Å². The molecule has 0 radical (unpaired) electrons. The predicted octanol–water partition coefficient (Wildman–Crippen LogP) is 1.54. The van der Waals surface area contributed by atoms with Gasteiger partial charge in [0.25, 0.3) is 6.47 Å². The van der Waals surface area contributed by atoms with Crippen molar-refractivity contribution in [1.29, 1.82) is 0 Å². The van der Waals surface area contributed by atoms with E-state index >= 15 is 0 Å². The minimum Gasteiger partial charge on any atom is -0.465 e. The van der Waals surface area contributed by atoms with E-state index in [9.17, 15) is 4.79 Å². The number of hydrogen-bond donors (Lipinski definition) is 0. The van der Waals surface area contributed by atoms with E-state index in [2.05, 4.69) is 4.98 Å². The van der Waals surface area contributed by atoms with Crippen LogP contribution in [0.15, 0.2) is 11.7 Å². The first kappa shape index (κ1) is 9.61. The third kappa shape index (κ3) is 2.52. The summed E-state index contributed by atoms with van der Waals surface area (Å²) in [5, 5.41) is 0. The van der Waals surface area contributed by atoms with Crippen molar-refractivity contribution in [1.82, 2.24) is 4.98 Å². The first-order valence-corrected chi connectivity index (χ1v) is 5.37. The highest BCUT2D eigenvalue weighted by Gasteiger charge is 2.28. The lowest BCUT2D eigenvalue weighted by molar-refractivity contribution is -0.133. The Morgan fingerprint density at radius 1 is 1.71 bits per heavy atom. The molecule has 1 unspecified atom stereocenters. The van der Waals surface area contributed by atoms with Crippen molar-refractivity contribution in [2.45, 2.75) is 25.0 Å². The molecule has 0 aromatic carbocycles. The highest BCUT2D eigenvalue weighted by Crippen LogP contribution is 2.32. The van der Waals surface area contributed by atoms with Crippen molar-refractivity contribution in [3.05, 3.63) is 16.6 Å². The molecule has 0 amide bonds. The molecule has 0 N–H and O–H groups in total. The molecule has 5 heteroatoms. The fraction of sp³-hybridized carbons (Fsp3) is 0.556. The molecule has 1 aliphatic rings. The summed E-state index contributed by atoms with van der Waals surface area (Å²) in [5.41, 5.74) is 1.75. The number of thiazole rings is 1. The smallest absolute Gasteiger partial charge is 0.293 e. The monoisotopic (exact) mass is 213 g/mol. The van der Waals surface area contributed by atoms with Gasteiger partial charge in [0.2, 0.25) is 0 Å². The minimum absolute atomic E-state index is 0.139. The molecule has 1 aromatic heterocycles. The zero-order chi connectivity index (χ0) is 9.80. The molecule has 0 aliphatic heterocycles. The molecule has 1 aliphatic carbocycles. The van der Waals surface area contributed by atoms with Crippen LogP contribution in [0.25, 0.3) is 0 Å². The zero-order valence-corrected chi connectivity index (χ0v) is 8.40. The van der Waals surface area contributed by atoms with E-state index in [0.717, 1.165) is 17.7 Å². The summed E-state index contributed by atoms with van der Waals surface area (Å²) in [6, 6.07) is 0. The molecule has 0 saturated heterocycles. The first-order chi connectivity index (χ1) is 6.90. The fourth-order valence-corrected chi connectivity index (χ4v) is 1.78. The van der Waals surface area contributed by atoms with Crippen molar-refractivity contribution in [3.8, 4) is 0 Å². The predicted molar refractivity (Wildman–Crippen MR) is 51.0 cm³/mol. The third-order valence-electron chi connectivity index (χ3n) is 1.97. The van der Waals surface area contributed by atoms with Gasteiger partial charge in [-0.2, -0.15) is 0 Å². The summed E-state index contributed by atoms with van der Waals surface area (Å²) in [6.45, 7) is 0.729. The van der Waals surface area contributed by atoms with Crippen LogP contribution in [-0.4, -0.2) is 24.2 Å². The van der Waals surface area contributed by atoms with Crippen LogP contribution < -0.4 is 0 Å². The average molecular weight is 213 g/mol. The van der Waals surface area contributed by atoms with Crippen molar-refractivity contribution in [2.24, 2.45) is 0 Å². The maximum atomic E-state index is 10.1. The van der Waals surface area contributed by atoms with Gasteiger partial charge in [-0.25, -0.2) is 0 Å². The summed E-state index contributed by atoms with van der Waals surface area (Å²) in [5.74, 6) is 0. The number of carbonyl (C=O) groups is 1. The first-order valence-electron chi connectivity index (χ1n) is 4.49. The number of aromatic nitrogens is 1. The van der Waals surface area contributed by atoms with E-state index in [1.807, 2.05) is 0 Å². The Hall–Kier alpha value is -0.940. The standard InChI is InChI=1S/C9H11NO3S/c11-6-12-4-8(13-7-1-2-7)9-3-10-5-14-9/h3,5-8H,1-2,4H2. The molecule has 1 saturated carbocycles. The lowest BCUT2D eigenvalue weighted by Gasteiger charge is -2.14. The Kier molecular flexibility index (Phi) is 3.10. The third-order valence-corrected chi connectivity index (χ3v) is 2.83. The molecule has 1 atom stereocenters. The van der Waals surface area contributed by atoms with Crippen molar-refractivity contribution in [2.75, 3.05) is 6.61 Å². The van der Waals surface area contributed by atoms with E-state index in [-0.39, 0.29) is 12.7 Å². The molecule has 0 bridgehead atoms. The Morgan fingerprint density at radius 2 is 2.57 bits per heavy atom. The molecule has 1 aromatic rings. The topological polar surface area (TPSA) is 48.4 Å². The molecule has 0 spiro atoms. The number of nitrogens with zero attached hydrogens (tertiary/aromatic N) is 1. The lowest BCUT2D eigenvalue weighted by atomic mass is 10.3. The Bertz CT molecular complexity index is 284. The largest absolute Gasteiger partial charge is 0.465 e. The van der Waals surface area contributed by atoms with Crippen LogP contribution in [0.1, 0.15) is 23.8 Å². The summed E-state index contributed by atoms with van der Waals surface area (Å²) >= 11 is 1.52. The molecule has 4 nitrogen and oxygen atoms in total. The van der Waals surface area contributed by atoms with Crippen molar-refractivity contribution < 1.29 is 14.3 Å². The van der Waals surface area contributed by atoms with Crippen molar-refractivity contribution in [3.63, 3.8) is 0 Å². The summed E-state index contributed by atoms with van der Waals surface area (Å²) < 4.78 is 10.4. The van der Waals surface area contributed by atoms with Gasteiger partial charge in [0.05, 0.1) is 16.5 Å². The normalized spacial score (nSPS) is 17.7. The minimum atomic E-state index is -0.139. The van der Waals surface area contributed by atoms with E-state index in [4.69, 9.17) is 9.47 Å². The quantitative estimate of drug-likeness (QED) is 0.672. The van der Waals surface area contributed by atoms with Crippen LogP contribution in [0.4, 0.5) is 0 Å². The maximum Gasteiger partial charge on any atom is 0.293 e. The van der Waals surface area contributed by atoms with Gasteiger partial charge < -0.3 is 9.47 Å². The van der Waals surface area contributed by atoms with Gasteiger partial charge in [0.1, 0.15) is 12.7 Å². The summed E-state index contributed by atoms with van der Waals surface area (Å²) in [4.78, 5) is 15.1. The number of hydrogen-bond acceptors (Lipinski definition) is 5. The Morgan fingerprint density at radius 3 is 3.14 bits per heavy atom. The van der Waals surface area contributed by atoms with Gasteiger partial charge in [0, 0.05) is 6.20 Å². The number of ether oxygens (including phenoxy) is 2. The number of carbonyl (C=O) groups excluding carboxylic acids is 1. The number of rotatable bonds is 6. The maximum absolute atomic E-state index is 10.1. The van der Waals surface area contributed by atoms with Crippen LogP contribution in [0.5, 0.6) is 0 Å². The second kappa shape index (κ2) is 4.52. The van der Waals surface area contributed by atoms with Gasteiger partial charge >= 0.3 is 0 Å². The lowest BCUT2D eigenvalue weighted by Crippen LogP contribution is -2.11.